The molecule has 1 fully saturated rings. The number of aliphatic hydroxyl groups excluding tert-OH is 1. The normalized spacial score (nSPS) is 17.3. The number of nitrogens with one attached hydrogen (secondary N) is 2. The summed E-state index contributed by atoms with van der Waals surface area (Å²) in [4.78, 5) is 13.8. The van der Waals surface area contributed by atoms with Crippen LogP contribution in [0.5, 0.6) is 0 Å². The first kappa shape index (κ1) is 13.2. The maximum atomic E-state index is 12.1. The number of thiol groups is 1. The third-order valence-electron chi connectivity index (χ3n) is 3.02. The molecule has 5 nitrogen and oxygen atoms in total. The summed E-state index contributed by atoms with van der Waals surface area (Å²) in [6, 6.07) is 7.00. The van der Waals surface area contributed by atoms with Gasteiger partial charge in [0.25, 0.3) is 5.91 Å². The highest BCUT2D eigenvalue weighted by Gasteiger charge is 2.24. The molecule has 1 heterocycles. The molecule has 1 atom stereocenters. The van der Waals surface area contributed by atoms with E-state index in [1.165, 1.54) is 0 Å². The van der Waals surface area contributed by atoms with Gasteiger partial charge in [-0.2, -0.15) is 0 Å². The van der Waals surface area contributed by atoms with Crippen LogP contribution >= 0.6 is 12.8 Å². The molecule has 6 heteroatoms. The first-order valence-corrected chi connectivity index (χ1v) is 6.35. The minimum atomic E-state index is -1.09. The number of nitrogens with zero attached hydrogens (tertiary/aromatic N) is 1. The quantitative estimate of drug-likeness (QED) is 0.599. The number of amides is 1. The highest BCUT2D eigenvalue weighted by Crippen LogP contribution is 2.19. The molecule has 1 saturated heterocycles. The highest BCUT2D eigenvalue weighted by atomic mass is 32.1. The average molecular weight is 267 g/mol. The summed E-state index contributed by atoms with van der Waals surface area (Å²) < 4.78 is 2.69. The second-order valence-corrected chi connectivity index (χ2v) is 4.44. The van der Waals surface area contributed by atoms with Crippen LogP contribution in [0.3, 0.4) is 0 Å². The molecule has 0 bridgehead atoms. The van der Waals surface area contributed by atoms with E-state index in [0.29, 0.717) is 18.7 Å². The molecule has 3 N–H and O–H groups in total. The van der Waals surface area contributed by atoms with E-state index < -0.39 is 6.10 Å². The third-order valence-corrected chi connectivity index (χ3v) is 3.28. The molecule has 0 aliphatic carbocycles. The van der Waals surface area contributed by atoms with Gasteiger partial charge in [-0.15, -0.1) is 0 Å². The van der Waals surface area contributed by atoms with Gasteiger partial charge in [-0.3, -0.25) is 4.79 Å². The maximum absolute atomic E-state index is 12.1. The van der Waals surface area contributed by atoms with Crippen LogP contribution in [0.2, 0.25) is 0 Å². The van der Waals surface area contributed by atoms with Crippen molar-refractivity contribution < 1.29 is 9.90 Å². The smallest absolute Gasteiger partial charge is 0.256 e. The lowest BCUT2D eigenvalue weighted by Crippen LogP contribution is -2.48. The van der Waals surface area contributed by atoms with Gasteiger partial charge in [-0.05, 0) is 17.7 Å². The Bertz CT molecular complexity index is 404. The molecule has 1 unspecified atom stereocenters. The molecule has 1 aliphatic rings. The van der Waals surface area contributed by atoms with E-state index in [-0.39, 0.29) is 5.91 Å². The Labute approximate surface area is 112 Å². The Morgan fingerprint density at radius 1 is 1.33 bits per heavy atom. The molecule has 0 saturated carbocycles. The van der Waals surface area contributed by atoms with Crippen molar-refractivity contribution in [1.82, 2.24) is 10.2 Å². The Morgan fingerprint density at radius 3 is 2.50 bits per heavy atom. The number of benzene rings is 1. The number of hydrogen-bond acceptors (Lipinski definition) is 5. The topological polar surface area (TPSA) is 64.6 Å². The van der Waals surface area contributed by atoms with Gasteiger partial charge in [0.15, 0.2) is 6.10 Å². The molecule has 0 spiro atoms. The number of rotatable bonds is 3. The molecule has 0 radical (unpaired) electrons. The number of aliphatic hydroxyl groups is 1. The Kier molecular flexibility index (Phi) is 4.46. The van der Waals surface area contributed by atoms with Crippen LogP contribution in [0.1, 0.15) is 11.7 Å². The molecule has 1 amide bonds. The van der Waals surface area contributed by atoms with E-state index in [1.54, 1.807) is 29.2 Å². The predicted octanol–water partition coefficient (Wildman–Crippen LogP) is 0.408. The lowest BCUT2D eigenvalue weighted by Gasteiger charge is -2.29. The number of carbonyl (C=O) groups excluding carboxylic acids is 1. The molecular weight excluding hydrogens is 250 g/mol. The predicted molar refractivity (Wildman–Crippen MR) is 73.5 cm³/mol. The summed E-state index contributed by atoms with van der Waals surface area (Å²) in [5.74, 6) is -0.233. The monoisotopic (exact) mass is 267 g/mol. The second-order valence-electron chi connectivity index (χ2n) is 4.21. The van der Waals surface area contributed by atoms with Crippen LogP contribution < -0.4 is 10.0 Å². The van der Waals surface area contributed by atoms with E-state index in [4.69, 9.17) is 0 Å². The second kappa shape index (κ2) is 6.08. The SMILES string of the molecule is O=C(C(O)c1ccc(NS)cc1)N1CCNCC1. The summed E-state index contributed by atoms with van der Waals surface area (Å²) in [5.41, 5.74) is 1.43. The fourth-order valence-electron chi connectivity index (χ4n) is 1.94. The molecular formula is C12H17N3O2S. The Hall–Kier alpha value is -1.24. The molecule has 1 aromatic rings. The van der Waals surface area contributed by atoms with Gasteiger partial charge in [-0.25, -0.2) is 0 Å². The minimum Gasteiger partial charge on any atom is -0.378 e. The van der Waals surface area contributed by atoms with Crippen LogP contribution in [0.25, 0.3) is 0 Å². The van der Waals surface area contributed by atoms with Crippen LogP contribution in [0.15, 0.2) is 24.3 Å². The van der Waals surface area contributed by atoms with Gasteiger partial charge < -0.3 is 20.0 Å². The van der Waals surface area contributed by atoms with E-state index in [9.17, 15) is 9.90 Å². The minimum absolute atomic E-state index is 0.233. The Balaban J connectivity index is 2.04. The van der Waals surface area contributed by atoms with Crippen molar-refractivity contribution in [3.8, 4) is 0 Å². The van der Waals surface area contributed by atoms with Crippen molar-refractivity contribution in [2.24, 2.45) is 0 Å². The molecule has 2 rings (SSSR count). The van der Waals surface area contributed by atoms with Crippen molar-refractivity contribution in [3.63, 3.8) is 0 Å². The van der Waals surface area contributed by atoms with E-state index in [2.05, 4.69) is 22.9 Å². The van der Waals surface area contributed by atoms with Crippen LogP contribution in [0, 0.1) is 0 Å². The van der Waals surface area contributed by atoms with Crippen molar-refractivity contribution in [2.75, 3.05) is 30.9 Å². The highest BCUT2D eigenvalue weighted by molar-refractivity contribution is 7.81. The van der Waals surface area contributed by atoms with Crippen molar-refractivity contribution in [1.29, 1.82) is 0 Å². The van der Waals surface area contributed by atoms with Crippen molar-refractivity contribution >= 4 is 24.4 Å². The summed E-state index contributed by atoms with van der Waals surface area (Å²) >= 11 is 3.93. The third kappa shape index (κ3) is 2.95. The van der Waals surface area contributed by atoms with Crippen molar-refractivity contribution in [2.45, 2.75) is 6.10 Å². The fraction of sp³-hybridized carbons (Fsp3) is 0.417. The van der Waals surface area contributed by atoms with Crippen LogP contribution in [0.4, 0.5) is 5.69 Å². The van der Waals surface area contributed by atoms with Crippen LogP contribution in [-0.4, -0.2) is 42.1 Å². The van der Waals surface area contributed by atoms with Gasteiger partial charge in [-0.1, -0.05) is 24.9 Å². The number of piperazine rings is 1. The number of hydrogen-bond donors (Lipinski definition) is 4. The van der Waals surface area contributed by atoms with Gasteiger partial charge in [0.05, 0.1) is 0 Å². The van der Waals surface area contributed by atoms with Crippen LogP contribution in [-0.2, 0) is 4.79 Å². The molecule has 1 aliphatic heterocycles. The van der Waals surface area contributed by atoms with E-state index in [0.717, 1.165) is 18.8 Å². The average Bonchev–Trinajstić information content (AvgIpc) is 2.47. The van der Waals surface area contributed by atoms with E-state index >= 15 is 0 Å². The molecule has 0 aromatic heterocycles. The van der Waals surface area contributed by atoms with Gasteiger partial charge in [0, 0.05) is 31.9 Å². The van der Waals surface area contributed by atoms with Gasteiger partial charge in [0.2, 0.25) is 0 Å². The summed E-state index contributed by atoms with van der Waals surface area (Å²) in [6.45, 7) is 2.85. The Morgan fingerprint density at radius 2 is 1.94 bits per heavy atom. The summed E-state index contributed by atoms with van der Waals surface area (Å²) in [7, 11) is 0. The number of carbonyl (C=O) groups is 1. The zero-order valence-electron chi connectivity index (χ0n) is 9.97. The summed E-state index contributed by atoms with van der Waals surface area (Å²) in [5, 5.41) is 13.2. The largest absolute Gasteiger partial charge is 0.378 e. The standard InChI is InChI=1S/C12H17N3O2S/c16-11(9-1-3-10(14-18)4-2-9)12(17)15-7-5-13-6-8-15/h1-4,11,13-14,16,18H,5-8H2. The molecule has 1 aromatic carbocycles. The first-order valence-electron chi connectivity index (χ1n) is 5.90. The summed E-state index contributed by atoms with van der Waals surface area (Å²) in [6.07, 6.45) is -1.09. The number of anilines is 1. The zero-order chi connectivity index (χ0) is 13.0. The fourth-order valence-corrected chi connectivity index (χ4v) is 2.09. The molecule has 18 heavy (non-hydrogen) atoms. The van der Waals surface area contributed by atoms with Crippen molar-refractivity contribution in [3.05, 3.63) is 29.8 Å². The first-order chi connectivity index (χ1) is 8.72. The maximum Gasteiger partial charge on any atom is 0.256 e. The van der Waals surface area contributed by atoms with Gasteiger partial charge in [0.1, 0.15) is 0 Å². The molecule has 98 valence electrons. The van der Waals surface area contributed by atoms with E-state index in [1.807, 2.05) is 0 Å². The van der Waals surface area contributed by atoms with Gasteiger partial charge >= 0.3 is 0 Å². The lowest BCUT2D eigenvalue weighted by molar-refractivity contribution is -0.141. The lowest BCUT2D eigenvalue weighted by atomic mass is 10.1. The zero-order valence-corrected chi connectivity index (χ0v) is 10.9.